The van der Waals surface area contributed by atoms with Crippen LogP contribution in [0.15, 0.2) is 0 Å². The van der Waals surface area contributed by atoms with Crippen molar-refractivity contribution < 1.29 is 9.09 Å². The van der Waals surface area contributed by atoms with Crippen LogP contribution in [0, 0.1) is 0 Å². The first-order valence-corrected chi connectivity index (χ1v) is 6.49. The van der Waals surface area contributed by atoms with Gasteiger partial charge in [-0.05, 0) is 12.8 Å². The molecule has 0 radical (unpaired) electrons. The second-order valence-corrected chi connectivity index (χ2v) is 5.48. The Hall–Kier alpha value is 0.150. The molecule has 0 rings (SSSR count). The molecule has 0 N–H and O–H groups in total. The minimum atomic E-state index is -2.48. The first-order chi connectivity index (χ1) is 5.58. The summed E-state index contributed by atoms with van der Waals surface area (Å²) >= 11 is 0. The number of hydrogen-bond acceptors (Lipinski definition) is 2. The van der Waals surface area contributed by atoms with Gasteiger partial charge in [0.05, 0.1) is 0 Å². The average molecular weight is 193 g/mol. The largest absolute Gasteiger partial charge is 0.321 e. The molecule has 0 amide bonds. The number of nitrogens with zero attached hydrogens (tertiary/aromatic N) is 1. The Bertz CT molecular complexity index is 155. The third-order valence-electron chi connectivity index (χ3n) is 1.82. The lowest BCUT2D eigenvalue weighted by molar-refractivity contribution is 0.309. The fourth-order valence-electron chi connectivity index (χ4n) is 1.11. The summed E-state index contributed by atoms with van der Waals surface area (Å²) in [4.78, 5) is 0. The molecule has 0 bridgehead atoms. The van der Waals surface area contributed by atoms with Gasteiger partial charge in [-0.2, -0.15) is 0 Å². The van der Waals surface area contributed by atoms with Crippen LogP contribution in [0.2, 0.25) is 0 Å². The van der Waals surface area contributed by atoms with Crippen LogP contribution in [-0.2, 0) is 9.09 Å². The summed E-state index contributed by atoms with van der Waals surface area (Å²) < 4.78 is 18.7. The third-order valence-corrected chi connectivity index (χ3v) is 3.92. The van der Waals surface area contributed by atoms with Gasteiger partial charge < -0.3 is 4.52 Å². The fraction of sp³-hybridized carbons (Fsp3) is 1.00. The zero-order valence-electron chi connectivity index (χ0n) is 8.54. The van der Waals surface area contributed by atoms with E-state index in [1.165, 1.54) is 7.11 Å². The van der Waals surface area contributed by atoms with Gasteiger partial charge in [0, 0.05) is 26.9 Å². The van der Waals surface area contributed by atoms with E-state index in [4.69, 9.17) is 4.52 Å². The lowest BCUT2D eigenvalue weighted by atomic mass is 10.4. The van der Waals surface area contributed by atoms with Crippen LogP contribution in [0.5, 0.6) is 0 Å². The summed E-state index contributed by atoms with van der Waals surface area (Å²) in [7, 11) is -0.970. The Labute approximate surface area is 75.6 Å². The van der Waals surface area contributed by atoms with Crippen molar-refractivity contribution in [3.8, 4) is 0 Å². The highest BCUT2D eigenvalue weighted by molar-refractivity contribution is 7.55. The monoisotopic (exact) mass is 193 g/mol. The first kappa shape index (κ1) is 12.2. The van der Waals surface area contributed by atoms with Crippen molar-refractivity contribution in [2.45, 2.75) is 26.7 Å². The van der Waals surface area contributed by atoms with E-state index in [-0.39, 0.29) is 0 Å². The van der Waals surface area contributed by atoms with Crippen molar-refractivity contribution in [3.05, 3.63) is 0 Å². The van der Waals surface area contributed by atoms with Gasteiger partial charge in [-0.25, -0.2) is 4.67 Å². The molecule has 1 unspecified atom stereocenters. The molecule has 0 spiro atoms. The molecule has 12 heavy (non-hydrogen) atoms. The predicted molar refractivity (Wildman–Crippen MR) is 52.7 cm³/mol. The smallest absolute Gasteiger partial charge is 0.269 e. The molecular weight excluding hydrogens is 173 g/mol. The Balaban J connectivity index is 4.17. The summed E-state index contributed by atoms with van der Waals surface area (Å²) in [6.45, 7) is 7.56. The van der Waals surface area contributed by atoms with E-state index in [1.807, 2.05) is 4.67 Å². The molecule has 0 aromatic heterocycles. The summed E-state index contributed by atoms with van der Waals surface area (Å²) in [6.07, 6.45) is 2.03. The second-order valence-electron chi connectivity index (χ2n) is 2.94. The third kappa shape index (κ3) is 3.70. The van der Waals surface area contributed by atoms with Gasteiger partial charge in [-0.1, -0.05) is 13.8 Å². The molecule has 0 heterocycles. The van der Waals surface area contributed by atoms with E-state index in [9.17, 15) is 4.57 Å². The Morgan fingerprint density at radius 2 is 1.67 bits per heavy atom. The summed E-state index contributed by atoms with van der Waals surface area (Å²) in [5.41, 5.74) is 0. The van der Waals surface area contributed by atoms with E-state index in [0.29, 0.717) is 0 Å². The molecule has 0 aromatic carbocycles. The first-order valence-electron chi connectivity index (χ1n) is 4.47. The molecule has 4 heteroatoms. The topological polar surface area (TPSA) is 29.5 Å². The number of rotatable bonds is 6. The molecule has 0 aliphatic rings. The van der Waals surface area contributed by atoms with Gasteiger partial charge in [0.25, 0.3) is 7.52 Å². The van der Waals surface area contributed by atoms with E-state index in [0.717, 1.165) is 25.9 Å². The highest BCUT2D eigenvalue weighted by Crippen LogP contribution is 2.45. The number of hydrogen-bond donors (Lipinski definition) is 0. The van der Waals surface area contributed by atoms with Gasteiger partial charge in [-0.3, -0.25) is 4.57 Å². The molecule has 74 valence electrons. The standard InChI is InChI=1S/C8H20NO2P/c1-5-7-9(8-6-2)12(4,10)11-3/h5-8H2,1-4H3. The van der Waals surface area contributed by atoms with Crippen LogP contribution in [-0.4, -0.2) is 31.5 Å². The summed E-state index contributed by atoms with van der Waals surface area (Å²) in [5, 5.41) is 0. The SMILES string of the molecule is CCCN(CCC)P(C)(=O)OC. The highest BCUT2D eigenvalue weighted by atomic mass is 31.2. The maximum atomic E-state index is 11.8. The molecule has 0 fully saturated rings. The molecule has 0 saturated carbocycles. The zero-order valence-corrected chi connectivity index (χ0v) is 9.43. The molecule has 0 saturated heterocycles. The lowest BCUT2D eigenvalue weighted by Crippen LogP contribution is -2.22. The molecule has 0 aromatic rings. The molecule has 0 aliphatic heterocycles. The highest BCUT2D eigenvalue weighted by Gasteiger charge is 2.22. The predicted octanol–water partition coefficient (Wildman–Crippen LogP) is 2.58. The van der Waals surface area contributed by atoms with E-state index in [2.05, 4.69) is 13.8 Å². The normalized spacial score (nSPS) is 16.4. The van der Waals surface area contributed by atoms with Crippen LogP contribution in [0.1, 0.15) is 26.7 Å². The van der Waals surface area contributed by atoms with E-state index in [1.54, 1.807) is 6.66 Å². The van der Waals surface area contributed by atoms with Gasteiger partial charge in [0.2, 0.25) is 0 Å². The Morgan fingerprint density at radius 1 is 1.25 bits per heavy atom. The molecule has 1 atom stereocenters. The minimum Gasteiger partial charge on any atom is -0.321 e. The summed E-state index contributed by atoms with van der Waals surface area (Å²) in [6, 6.07) is 0. The van der Waals surface area contributed by atoms with Crippen molar-refractivity contribution in [1.29, 1.82) is 0 Å². The van der Waals surface area contributed by atoms with Gasteiger partial charge in [0.15, 0.2) is 0 Å². The lowest BCUT2D eigenvalue weighted by Gasteiger charge is -2.26. The zero-order chi connectivity index (χ0) is 9.61. The van der Waals surface area contributed by atoms with Crippen molar-refractivity contribution in [2.24, 2.45) is 0 Å². The fourth-order valence-corrected chi connectivity index (χ4v) is 2.46. The quantitative estimate of drug-likeness (QED) is 0.607. The maximum Gasteiger partial charge on any atom is 0.269 e. The van der Waals surface area contributed by atoms with Gasteiger partial charge >= 0.3 is 0 Å². The van der Waals surface area contributed by atoms with Crippen molar-refractivity contribution >= 4 is 7.52 Å². The minimum absolute atomic E-state index is 0.857. The second kappa shape index (κ2) is 5.74. The van der Waals surface area contributed by atoms with Gasteiger partial charge in [0.1, 0.15) is 0 Å². The Kier molecular flexibility index (Phi) is 5.81. The van der Waals surface area contributed by atoms with E-state index < -0.39 is 7.52 Å². The summed E-state index contributed by atoms with van der Waals surface area (Å²) in [5.74, 6) is 0. The van der Waals surface area contributed by atoms with Crippen molar-refractivity contribution in [2.75, 3.05) is 26.9 Å². The van der Waals surface area contributed by atoms with Crippen LogP contribution >= 0.6 is 7.52 Å². The average Bonchev–Trinajstić information content (AvgIpc) is 2.04. The maximum absolute atomic E-state index is 11.8. The van der Waals surface area contributed by atoms with E-state index >= 15 is 0 Å². The van der Waals surface area contributed by atoms with Crippen LogP contribution in [0.4, 0.5) is 0 Å². The molecule has 0 aliphatic carbocycles. The van der Waals surface area contributed by atoms with Crippen LogP contribution < -0.4 is 0 Å². The van der Waals surface area contributed by atoms with Crippen molar-refractivity contribution in [3.63, 3.8) is 0 Å². The Morgan fingerprint density at radius 3 is 1.92 bits per heavy atom. The van der Waals surface area contributed by atoms with Crippen LogP contribution in [0.3, 0.4) is 0 Å². The molecular formula is C8H20NO2P. The van der Waals surface area contributed by atoms with Crippen LogP contribution in [0.25, 0.3) is 0 Å². The van der Waals surface area contributed by atoms with Crippen molar-refractivity contribution in [1.82, 2.24) is 4.67 Å². The van der Waals surface area contributed by atoms with Gasteiger partial charge in [-0.15, -0.1) is 0 Å². The molecule has 3 nitrogen and oxygen atoms in total.